The van der Waals surface area contributed by atoms with Gasteiger partial charge in [-0.25, -0.2) is 0 Å². The van der Waals surface area contributed by atoms with E-state index in [1.54, 1.807) is 7.11 Å². The zero-order chi connectivity index (χ0) is 17.6. The van der Waals surface area contributed by atoms with Gasteiger partial charge in [-0.15, -0.1) is 0 Å². The normalized spacial score (nSPS) is 11.8. The number of methoxy groups -OCH3 is 1. The highest BCUT2D eigenvalue weighted by Crippen LogP contribution is 2.25. The van der Waals surface area contributed by atoms with Crippen LogP contribution in [0, 0.1) is 6.92 Å². The van der Waals surface area contributed by atoms with E-state index in [1.807, 2.05) is 55.5 Å². The first kappa shape index (κ1) is 16.6. The van der Waals surface area contributed by atoms with Crippen LogP contribution >= 0.6 is 0 Å². The second kappa shape index (κ2) is 7.57. The first-order valence-electron chi connectivity index (χ1n) is 7.85. The second-order valence-electron chi connectivity index (χ2n) is 5.66. The van der Waals surface area contributed by atoms with Gasteiger partial charge in [0, 0.05) is 11.5 Å². The summed E-state index contributed by atoms with van der Waals surface area (Å²) >= 11 is 0. The van der Waals surface area contributed by atoms with E-state index in [1.165, 1.54) is 0 Å². The van der Waals surface area contributed by atoms with Gasteiger partial charge in [-0.05, 0) is 42.7 Å². The van der Waals surface area contributed by atoms with Crippen LogP contribution in [0.1, 0.15) is 22.9 Å². The number of tetrazole rings is 1. The molecule has 0 bridgehead atoms. The molecule has 0 aliphatic carbocycles. The molecule has 1 N–H and O–H groups in total. The first-order valence-corrected chi connectivity index (χ1v) is 7.85. The number of rotatable bonds is 6. The Morgan fingerprint density at radius 3 is 2.80 bits per heavy atom. The Hall–Kier alpha value is -3.22. The fraction of sp³-hybridized carbons (Fsp3) is 0.222. The van der Waals surface area contributed by atoms with Crippen molar-refractivity contribution >= 4 is 11.6 Å². The Labute approximate surface area is 145 Å². The smallest absolute Gasteiger partial charge is 0.232 e. The van der Waals surface area contributed by atoms with Gasteiger partial charge < -0.3 is 15.2 Å². The number of aryl methyl sites for hydroxylation is 1. The Kier molecular flexibility index (Phi) is 5.03. The zero-order valence-electron chi connectivity index (χ0n) is 14.0. The van der Waals surface area contributed by atoms with Crippen molar-refractivity contribution in [2.45, 2.75) is 19.3 Å². The number of ether oxygens (including phenoxy) is 1. The maximum absolute atomic E-state index is 12.8. The molecule has 3 aromatic rings. The van der Waals surface area contributed by atoms with Crippen LogP contribution in [-0.4, -0.2) is 28.5 Å². The Bertz CT molecular complexity index is 848. The molecule has 2 aromatic carbocycles. The average molecular weight is 336 g/mol. The SMILES string of the molecule is COc1ccccc1C[C@@H](C(=O)Nc1cccc(C)c1)c1nnn[n-]1. The maximum Gasteiger partial charge on any atom is 0.232 e. The van der Waals surface area contributed by atoms with E-state index in [0.717, 1.165) is 16.8 Å². The van der Waals surface area contributed by atoms with E-state index in [9.17, 15) is 4.79 Å². The van der Waals surface area contributed by atoms with Crippen molar-refractivity contribution in [2.75, 3.05) is 12.4 Å². The van der Waals surface area contributed by atoms with Gasteiger partial charge in [-0.2, -0.15) is 5.21 Å². The zero-order valence-corrected chi connectivity index (χ0v) is 14.0. The predicted molar refractivity (Wildman–Crippen MR) is 92.4 cm³/mol. The molecule has 0 saturated carbocycles. The summed E-state index contributed by atoms with van der Waals surface area (Å²) in [4.78, 5) is 12.8. The van der Waals surface area contributed by atoms with Crippen molar-refractivity contribution < 1.29 is 9.53 Å². The number of para-hydroxylation sites is 1. The number of carbonyl (C=O) groups is 1. The molecule has 3 rings (SSSR count). The maximum atomic E-state index is 12.8. The number of nitrogens with zero attached hydrogens (tertiary/aromatic N) is 4. The van der Waals surface area contributed by atoms with Crippen LogP contribution in [0.2, 0.25) is 0 Å². The number of anilines is 1. The van der Waals surface area contributed by atoms with Gasteiger partial charge in [0.25, 0.3) is 0 Å². The number of hydrogen-bond donors (Lipinski definition) is 1. The lowest BCUT2D eigenvalue weighted by atomic mass is 9.97. The van der Waals surface area contributed by atoms with Crippen LogP contribution in [0.25, 0.3) is 0 Å². The van der Waals surface area contributed by atoms with Gasteiger partial charge in [0.15, 0.2) is 0 Å². The van der Waals surface area contributed by atoms with Crippen molar-refractivity contribution in [2.24, 2.45) is 0 Å². The number of aromatic nitrogens is 4. The summed E-state index contributed by atoms with van der Waals surface area (Å²) in [5, 5.41) is 17.7. The molecular formula is C18H18N5O2-. The molecule has 1 atom stereocenters. The molecule has 0 spiro atoms. The number of hydrogen-bond acceptors (Lipinski definition) is 5. The summed E-state index contributed by atoms with van der Waals surface area (Å²) < 4.78 is 5.37. The van der Waals surface area contributed by atoms with E-state index in [-0.39, 0.29) is 11.7 Å². The minimum atomic E-state index is -0.619. The monoisotopic (exact) mass is 336 g/mol. The number of benzene rings is 2. The van der Waals surface area contributed by atoms with Crippen molar-refractivity contribution in [3.05, 3.63) is 65.5 Å². The van der Waals surface area contributed by atoms with E-state index in [0.29, 0.717) is 12.2 Å². The third-order valence-electron chi connectivity index (χ3n) is 3.86. The van der Waals surface area contributed by atoms with Crippen molar-refractivity contribution in [3.8, 4) is 5.75 Å². The highest BCUT2D eigenvalue weighted by molar-refractivity contribution is 5.95. The van der Waals surface area contributed by atoms with Gasteiger partial charge in [-0.1, -0.05) is 30.3 Å². The lowest BCUT2D eigenvalue weighted by molar-refractivity contribution is -0.117. The minimum absolute atomic E-state index is 0.216. The molecule has 0 unspecified atom stereocenters. The van der Waals surface area contributed by atoms with Crippen LogP contribution in [-0.2, 0) is 11.2 Å². The van der Waals surface area contributed by atoms with Crippen LogP contribution < -0.4 is 15.2 Å². The quantitative estimate of drug-likeness (QED) is 0.741. The summed E-state index contributed by atoms with van der Waals surface area (Å²) in [7, 11) is 1.60. The highest BCUT2D eigenvalue weighted by Gasteiger charge is 2.22. The summed E-state index contributed by atoms with van der Waals surface area (Å²) in [6.45, 7) is 1.97. The van der Waals surface area contributed by atoms with Crippen LogP contribution in [0.4, 0.5) is 5.69 Å². The van der Waals surface area contributed by atoms with Gasteiger partial charge in [0.2, 0.25) is 5.91 Å². The fourth-order valence-electron chi connectivity index (χ4n) is 2.64. The van der Waals surface area contributed by atoms with E-state index >= 15 is 0 Å². The lowest BCUT2D eigenvalue weighted by Gasteiger charge is -2.18. The van der Waals surface area contributed by atoms with Gasteiger partial charge in [0.1, 0.15) is 5.75 Å². The molecular weight excluding hydrogens is 318 g/mol. The molecule has 7 nitrogen and oxygen atoms in total. The third kappa shape index (κ3) is 4.00. The van der Waals surface area contributed by atoms with Gasteiger partial charge in [0.05, 0.1) is 13.0 Å². The molecule has 0 aliphatic heterocycles. The highest BCUT2D eigenvalue weighted by atomic mass is 16.5. The Morgan fingerprint density at radius 2 is 2.08 bits per heavy atom. The lowest BCUT2D eigenvalue weighted by Crippen LogP contribution is -2.24. The van der Waals surface area contributed by atoms with E-state index < -0.39 is 5.92 Å². The Balaban J connectivity index is 1.86. The number of carbonyl (C=O) groups excluding carboxylic acids is 1. The van der Waals surface area contributed by atoms with Crippen LogP contribution in [0.15, 0.2) is 48.5 Å². The Morgan fingerprint density at radius 1 is 1.24 bits per heavy atom. The summed E-state index contributed by atoms with van der Waals surface area (Å²) in [6.07, 6.45) is 0.384. The molecule has 1 amide bonds. The standard InChI is InChI=1S/C18H19N5O2/c1-12-6-5-8-14(10-12)19-18(24)15(17-20-22-23-21-17)11-13-7-3-4-9-16(13)25-2/h3-10,15H,11H2,1-2H3,(H2,19,20,21,22,23,24)/p-1/t15-/m1/s1. The van der Waals surface area contributed by atoms with Crippen molar-refractivity contribution in [3.63, 3.8) is 0 Å². The predicted octanol–water partition coefficient (Wildman–Crippen LogP) is 2.11. The number of nitrogens with one attached hydrogen (secondary N) is 1. The van der Waals surface area contributed by atoms with Gasteiger partial charge in [-0.3, -0.25) is 15.1 Å². The topological polar surface area (TPSA) is 91.1 Å². The molecule has 0 aliphatic rings. The first-order chi connectivity index (χ1) is 12.2. The number of amides is 1. The summed E-state index contributed by atoms with van der Waals surface area (Å²) in [5.74, 6) is 0.164. The molecule has 0 saturated heterocycles. The largest absolute Gasteiger partial charge is 0.496 e. The molecule has 1 aromatic heterocycles. The van der Waals surface area contributed by atoms with E-state index in [4.69, 9.17) is 4.74 Å². The van der Waals surface area contributed by atoms with Crippen LogP contribution in [0.3, 0.4) is 0 Å². The van der Waals surface area contributed by atoms with Crippen molar-refractivity contribution in [1.29, 1.82) is 0 Å². The molecule has 7 heteroatoms. The second-order valence-corrected chi connectivity index (χ2v) is 5.66. The third-order valence-corrected chi connectivity index (χ3v) is 3.86. The minimum Gasteiger partial charge on any atom is -0.496 e. The molecule has 128 valence electrons. The molecule has 0 fully saturated rings. The average Bonchev–Trinajstić information content (AvgIpc) is 3.14. The molecule has 25 heavy (non-hydrogen) atoms. The summed E-state index contributed by atoms with van der Waals surface area (Å²) in [6, 6.07) is 15.1. The van der Waals surface area contributed by atoms with Crippen LogP contribution in [0.5, 0.6) is 5.75 Å². The summed E-state index contributed by atoms with van der Waals surface area (Å²) in [5.41, 5.74) is 2.67. The van der Waals surface area contributed by atoms with Gasteiger partial charge >= 0.3 is 0 Å². The van der Waals surface area contributed by atoms with Crippen molar-refractivity contribution in [1.82, 2.24) is 20.6 Å². The molecule has 1 heterocycles. The molecule has 0 radical (unpaired) electrons. The van der Waals surface area contributed by atoms with E-state index in [2.05, 4.69) is 25.9 Å². The fourth-order valence-corrected chi connectivity index (χ4v) is 2.64.